The van der Waals surface area contributed by atoms with Crippen LogP contribution in [0.25, 0.3) is 0 Å². The molecule has 0 saturated heterocycles. The first-order valence-electron chi connectivity index (χ1n) is 16.9. The van der Waals surface area contributed by atoms with E-state index in [4.69, 9.17) is 0 Å². The van der Waals surface area contributed by atoms with Crippen LogP contribution in [0.3, 0.4) is 0 Å². The minimum absolute atomic E-state index is 0.389. The molecule has 0 radical (unpaired) electrons. The number of benzene rings is 4. The summed E-state index contributed by atoms with van der Waals surface area (Å²) in [5, 5.41) is 0. The van der Waals surface area contributed by atoms with Gasteiger partial charge in [0.1, 0.15) is 23.3 Å². The Hall–Kier alpha value is -5.17. The molecule has 1 fully saturated rings. The molecule has 0 spiro atoms. The number of halogens is 4. The molecular formula is C43H40F4N3+. The SMILES string of the molecule is CN1C(=CC=C2CC/C(=C\C=C3\N(C)c4c(F)cc(F)cc4C3(C)C)C2=[N+](c2ccccc2)c2ccccc2)C(C)(C)c2cc(F)cc(F)c21. The zero-order valence-electron chi connectivity index (χ0n) is 29.2. The molecule has 0 bridgehead atoms. The van der Waals surface area contributed by atoms with Gasteiger partial charge in [0.2, 0.25) is 17.1 Å². The molecular weight excluding hydrogens is 634 g/mol. The average molecular weight is 675 g/mol. The van der Waals surface area contributed by atoms with Crippen molar-refractivity contribution in [1.82, 2.24) is 4.58 Å². The Balaban J connectivity index is 1.42. The highest BCUT2D eigenvalue weighted by Crippen LogP contribution is 2.50. The van der Waals surface area contributed by atoms with Crippen LogP contribution in [0.1, 0.15) is 51.7 Å². The smallest absolute Gasteiger partial charge is 0.218 e. The predicted molar refractivity (Wildman–Crippen MR) is 196 cm³/mol. The highest BCUT2D eigenvalue weighted by molar-refractivity contribution is 6.17. The molecule has 0 N–H and O–H groups in total. The van der Waals surface area contributed by atoms with Crippen molar-refractivity contribution in [3.8, 4) is 0 Å². The van der Waals surface area contributed by atoms with E-state index in [0.29, 0.717) is 22.5 Å². The van der Waals surface area contributed by atoms with Crippen molar-refractivity contribution in [2.45, 2.75) is 51.4 Å². The van der Waals surface area contributed by atoms with Crippen LogP contribution >= 0.6 is 0 Å². The summed E-state index contributed by atoms with van der Waals surface area (Å²) < 4.78 is 61.2. The highest BCUT2D eigenvalue weighted by Gasteiger charge is 2.42. The Morgan fingerprint density at radius 3 is 1.32 bits per heavy atom. The van der Waals surface area contributed by atoms with E-state index >= 15 is 8.78 Å². The van der Waals surface area contributed by atoms with Crippen LogP contribution in [-0.2, 0) is 10.8 Å². The molecule has 254 valence electrons. The molecule has 50 heavy (non-hydrogen) atoms. The fourth-order valence-electron chi connectivity index (χ4n) is 8.01. The van der Waals surface area contributed by atoms with Gasteiger partial charge < -0.3 is 9.80 Å². The molecule has 7 heteroatoms. The van der Waals surface area contributed by atoms with Gasteiger partial charge in [-0.1, -0.05) is 76.2 Å². The van der Waals surface area contributed by atoms with Crippen molar-refractivity contribution in [3.63, 3.8) is 0 Å². The number of fused-ring (bicyclic) bond motifs is 2. The molecule has 3 aliphatic rings. The molecule has 4 aromatic rings. The third-order valence-electron chi connectivity index (χ3n) is 10.5. The quantitative estimate of drug-likeness (QED) is 0.157. The largest absolute Gasteiger partial charge is 0.345 e. The van der Waals surface area contributed by atoms with E-state index < -0.39 is 34.1 Å². The average Bonchev–Trinajstić information content (AvgIpc) is 3.61. The van der Waals surface area contributed by atoms with Gasteiger partial charge >= 0.3 is 0 Å². The zero-order chi connectivity index (χ0) is 35.5. The van der Waals surface area contributed by atoms with Crippen LogP contribution in [-0.4, -0.2) is 19.8 Å². The molecule has 4 aromatic carbocycles. The molecule has 2 heterocycles. The van der Waals surface area contributed by atoms with Crippen molar-refractivity contribution in [2.24, 2.45) is 0 Å². The number of hydrogen-bond donors (Lipinski definition) is 0. The first kappa shape index (κ1) is 33.3. The lowest BCUT2D eigenvalue weighted by molar-refractivity contribution is 0.575. The summed E-state index contributed by atoms with van der Waals surface area (Å²) in [4.78, 5) is 3.64. The highest BCUT2D eigenvalue weighted by atomic mass is 19.1. The van der Waals surface area contributed by atoms with Crippen LogP contribution in [0.2, 0.25) is 0 Å². The van der Waals surface area contributed by atoms with Crippen molar-refractivity contribution in [2.75, 3.05) is 23.9 Å². The molecule has 0 aromatic heterocycles. The zero-order valence-corrected chi connectivity index (χ0v) is 29.2. The third-order valence-corrected chi connectivity index (χ3v) is 10.5. The molecule has 2 aliphatic heterocycles. The summed E-state index contributed by atoms with van der Waals surface area (Å²) in [6.45, 7) is 7.95. The lowest BCUT2D eigenvalue weighted by Gasteiger charge is -2.23. The van der Waals surface area contributed by atoms with Gasteiger partial charge in [-0.25, -0.2) is 17.6 Å². The van der Waals surface area contributed by atoms with Crippen molar-refractivity contribution in [1.29, 1.82) is 0 Å². The lowest BCUT2D eigenvalue weighted by atomic mass is 9.83. The Bertz CT molecular complexity index is 2020. The summed E-state index contributed by atoms with van der Waals surface area (Å²) >= 11 is 0. The maximum atomic E-state index is 15.1. The fourth-order valence-corrected chi connectivity index (χ4v) is 8.01. The molecule has 0 unspecified atom stereocenters. The minimum Gasteiger partial charge on any atom is -0.345 e. The minimum atomic E-state index is -0.632. The van der Waals surface area contributed by atoms with E-state index in [1.54, 1.807) is 0 Å². The standard InChI is InChI=1S/C43H40F4N3/c1-42(2)33-23-29(44)25-35(46)40(33)48(5)37(42)21-19-27-17-18-28(39(27)50(31-13-9-7-10-14-31)32-15-11-8-12-16-32)20-22-38-43(3,4)34-24-30(45)26-36(47)41(34)49(38)6/h7-16,19-26H,17-18H2,1-6H3/q+1. The van der Waals surface area contributed by atoms with Gasteiger partial charge in [0.25, 0.3) is 0 Å². The maximum Gasteiger partial charge on any atom is 0.218 e. The molecule has 0 atom stereocenters. The van der Waals surface area contributed by atoms with Crippen LogP contribution < -0.4 is 14.4 Å². The van der Waals surface area contributed by atoms with E-state index in [0.717, 1.165) is 64.6 Å². The van der Waals surface area contributed by atoms with E-state index in [1.807, 2.05) is 100 Å². The predicted octanol–water partition coefficient (Wildman–Crippen LogP) is 10.8. The Labute approximate surface area is 291 Å². The summed E-state index contributed by atoms with van der Waals surface area (Å²) in [6.07, 6.45) is 9.76. The van der Waals surface area contributed by atoms with Gasteiger partial charge in [0, 0.05) is 83.9 Å². The maximum absolute atomic E-state index is 15.1. The number of nitrogens with zero attached hydrogens (tertiary/aromatic N) is 3. The van der Waals surface area contributed by atoms with Crippen LogP contribution in [0.15, 0.2) is 132 Å². The topological polar surface area (TPSA) is 9.49 Å². The van der Waals surface area contributed by atoms with Crippen molar-refractivity contribution < 1.29 is 17.6 Å². The monoisotopic (exact) mass is 674 g/mol. The molecule has 3 nitrogen and oxygen atoms in total. The number of likely N-dealkylation sites (N-methyl/N-ethyl adjacent to an activating group) is 2. The van der Waals surface area contributed by atoms with Gasteiger partial charge in [-0.3, -0.25) is 0 Å². The number of hydrogen-bond acceptors (Lipinski definition) is 2. The van der Waals surface area contributed by atoms with Crippen LogP contribution in [0.5, 0.6) is 0 Å². The Morgan fingerprint density at radius 1 is 0.560 bits per heavy atom. The van der Waals surface area contributed by atoms with Gasteiger partial charge in [-0.2, -0.15) is 4.58 Å². The second kappa shape index (κ2) is 12.3. The normalized spacial score (nSPS) is 20.8. The number of allylic oxidation sites excluding steroid dienone is 8. The van der Waals surface area contributed by atoms with E-state index in [-0.39, 0.29) is 0 Å². The van der Waals surface area contributed by atoms with E-state index in [9.17, 15) is 8.78 Å². The van der Waals surface area contributed by atoms with Crippen LogP contribution in [0, 0.1) is 23.3 Å². The Kier molecular flexibility index (Phi) is 8.20. The van der Waals surface area contributed by atoms with Gasteiger partial charge in [-0.15, -0.1) is 0 Å². The Morgan fingerprint density at radius 2 is 0.940 bits per heavy atom. The van der Waals surface area contributed by atoms with Crippen molar-refractivity contribution in [3.05, 3.63) is 166 Å². The number of para-hydroxylation sites is 2. The van der Waals surface area contributed by atoms with Crippen molar-refractivity contribution >= 4 is 28.5 Å². The summed E-state index contributed by atoms with van der Waals surface area (Å²) in [6, 6.07) is 25.1. The summed E-state index contributed by atoms with van der Waals surface area (Å²) in [5.41, 5.74) is 7.59. The second-order valence-electron chi connectivity index (χ2n) is 14.3. The van der Waals surface area contributed by atoms with Gasteiger partial charge in [0.15, 0.2) is 0 Å². The van der Waals surface area contributed by atoms with E-state index in [1.165, 1.54) is 12.1 Å². The van der Waals surface area contributed by atoms with E-state index in [2.05, 4.69) is 41.0 Å². The lowest BCUT2D eigenvalue weighted by Crippen LogP contribution is -2.23. The molecule has 7 rings (SSSR count). The summed E-state index contributed by atoms with van der Waals surface area (Å²) in [5.74, 6) is -2.35. The molecule has 1 saturated carbocycles. The number of rotatable bonds is 4. The molecule has 1 aliphatic carbocycles. The fraction of sp³-hybridized carbons (Fsp3) is 0.233. The first-order chi connectivity index (χ1) is 23.8. The second-order valence-corrected chi connectivity index (χ2v) is 14.3. The summed E-state index contributed by atoms with van der Waals surface area (Å²) in [7, 11) is 3.64. The molecule has 0 amide bonds. The first-order valence-corrected chi connectivity index (χ1v) is 16.9. The van der Waals surface area contributed by atoms with Gasteiger partial charge in [-0.05, 0) is 48.3 Å². The van der Waals surface area contributed by atoms with Crippen LogP contribution in [0.4, 0.5) is 40.3 Å². The third kappa shape index (κ3) is 5.40. The number of anilines is 2. The van der Waals surface area contributed by atoms with Gasteiger partial charge in [0.05, 0.1) is 11.4 Å².